The molecule has 0 amide bonds. The third kappa shape index (κ3) is 2.36. The molecular formula is C15H8BrF3S. The van der Waals surface area contributed by atoms with Gasteiger partial charge >= 0.3 is 6.18 Å². The van der Waals surface area contributed by atoms with Crippen LogP contribution >= 0.6 is 27.3 Å². The van der Waals surface area contributed by atoms with E-state index >= 15 is 0 Å². The van der Waals surface area contributed by atoms with Crippen LogP contribution in [0.4, 0.5) is 13.2 Å². The zero-order valence-corrected chi connectivity index (χ0v) is 12.4. The molecule has 0 spiro atoms. The number of fused-ring (bicyclic) bond motifs is 1. The first kappa shape index (κ1) is 13.6. The Bertz CT molecular complexity index is 757. The monoisotopic (exact) mass is 356 g/mol. The van der Waals surface area contributed by atoms with Crippen molar-refractivity contribution in [2.75, 3.05) is 0 Å². The zero-order chi connectivity index (χ0) is 14.3. The lowest BCUT2D eigenvalue weighted by atomic mass is 10.1. The Morgan fingerprint density at radius 3 is 2.15 bits per heavy atom. The number of benzene rings is 2. The van der Waals surface area contributed by atoms with Crippen molar-refractivity contribution in [2.45, 2.75) is 6.18 Å². The van der Waals surface area contributed by atoms with Crippen molar-refractivity contribution < 1.29 is 13.2 Å². The van der Waals surface area contributed by atoms with E-state index in [1.165, 1.54) is 12.1 Å². The molecule has 0 atom stereocenters. The second-order valence-electron chi connectivity index (χ2n) is 4.32. The van der Waals surface area contributed by atoms with Crippen LogP contribution in [0.2, 0.25) is 0 Å². The Morgan fingerprint density at radius 2 is 1.55 bits per heavy atom. The summed E-state index contributed by atoms with van der Waals surface area (Å²) in [5.41, 5.74) is 0.157. The van der Waals surface area contributed by atoms with E-state index < -0.39 is 11.7 Å². The number of alkyl halides is 3. The fourth-order valence-electron chi connectivity index (χ4n) is 2.01. The second-order valence-corrected chi connectivity index (χ2v) is 6.16. The lowest BCUT2D eigenvalue weighted by Crippen LogP contribution is -2.03. The summed E-state index contributed by atoms with van der Waals surface area (Å²) in [4.78, 5) is 0.944. The number of hydrogen-bond acceptors (Lipinski definition) is 1. The van der Waals surface area contributed by atoms with Gasteiger partial charge in [0.05, 0.1) is 5.56 Å². The molecule has 0 bridgehead atoms. The second kappa shape index (κ2) is 4.90. The highest BCUT2D eigenvalue weighted by molar-refractivity contribution is 9.10. The van der Waals surface area contributed by atoms with Crippen LogP contribution in [0, 0.1) is 0 Å². The van der Waals surface area contributed by atoms with Crippen LogP contribution in [-0.4, -0.2) is 0 Å². The molecule has 20 heavy (non-hydrogen) atoms. The van der Waals surface area contributed by atoms with Gasteiger partial charge in [0.25, 0.3) is 0 Å². The molecule has 0 aliphatic heterocycles. The smallest absolute Gasteiger partial charge is 0.166 e. The highest BCUT2D eigenvalue weighted by Gasteiger charge is 2.30. The SMILES string of the molecule is FC(F)(F)c1ccc(-c2sc3ccccc3c2Br)cc1. The predicted molar refractivity (Wildman–Crippen MR) is 80.0 cm³/mol. The number of thiophene rings is 1. The molecule has 2 aromatic carbocycles. The topological polar surface area (TPSA) is 0 Å². The Hall–Kier alpha value is -1.33. The van der Waals surface area contributed by atoms with Gasteiger partial charge in [-0.15, -0.1) is 11.3 Å². The lowest BCUT2D eigenvalue weighted by molar-refractivity contribution is -0.137. The van der Waals surface area contributed by atoms with Crippen molar-refractivity contribution in [2.24, 2.45) is 0 Å². The van der Waals surface area contributed by atoms with Crippen LogP contribution in [0.15, 0.2) is 53.0 Å². The summed E-state index contributed by atoms with van der Waals surface area (Å²) < 4.78 is 39.7. The molecule has 0 fully saturated rings. The molecule has 102 valence electrons. The van der Waals surface area contributed by atoms with Crippen molar-refractivity contribution in [3.8, 4) is 10.4 Å². The molecule has 1 aromatic heterocycles. The first-order valence-electron chi connectivity index (χ1n) is 5.81. The van der Waals surface area contributed by atoms with Crippen LogP contribution in [-0.2, 0) is 6.18 Å². The minimum Gasteiger partial charge on any atom is -0.166 e. The molecule has 0 nitrogen and oxygen atoms in total. The molecule has 0 saturated heterocycles. The van der Waals surface area contributed by atoms with E-state index in [0.29, 0.717) is 0 Å². The van der Waals surface area contributed by atoms with Gasteiger partial charge in [0, 0.05) is 19.4 Å². The summed E-state index contributed by atoms with van der Waals surface area (Å²) in [6.07, 6.45) is -4.30. The maximum Gasteiger partial charge on any atom is 0.416 e. The Labute approximate surface area is 126 Å². The van der Waals surface area contributed by atoms with Gasteiger partial charge in [0.2, 0.25) is 0 Å². The van der Waals surface area contributed by atoms with Crippen LogP contribution in [0.5, 0.6) is 0 Å². The quantitative estimate of drug-likeness (QED) is 0.476. The minimum absolute atomic E-state index is 0.626. The number of halogens is 4. The maximum atomic E-state index is 12.6. The molecule has 0 aliphatic rings. The highest BCUT2D eigenvalue weighted by Crippen LogP contribution is 2.42. The van der Waals surface area contributed by atoms with E-state index in [2.05, 4.69) is 15.9 Å². The standard InChI is InChI=1S/C15H8BrF3S/c16-13-11-3-1-2-4-12(11)20-14(13)9-5-7-10(8-6-9)15(17,18)19/h1-8H. The molecule has 1 heterocycles. The largest absolute Gasteiger partial charge is 0.416 e. The first-order valence-corrected chi connectivity index (χ1v) is 7.42. The van der Waals surface area contributed by atoms with Gasteiger partial charge in [-0.25, -0.2) is 0 Å². The molecular weight excluding hydrogens is 349 g/mol. The van der Waals surface area contributed by atoms with Crippen LogP contribution in [0.1, 0.15) is 5.56 Å². The minimum atomic E-state index is -4.30. The van der Waals surface area contributed by atoms with E-state index in [-0.39, 0.29) is 0 Å². The summed E-state index contributed by atoms with van der Waals surface area (Å²) in [6, 6.07) is 13.1. The van der Waals surface area contributed by atoms with Crippen molar-refractivity contribution >= 4 is 37.4 Å². The number of hydrogen-bond donors (Lipinski definition) is 0. The summed E-state index contributed by atoms with van der Waals surface area (Å²) >= 11 is 5.10. The molecule has 0 unspecified atom stereocenters. The highest BCUT2D eigenvalue weighted by atomic mass is 79.9. The predicted octanol–water partition coefficient (Wildman–Crippen LogP) is 6.35. The van der Waals surface area contributed by atoms with Gasteiger partial charge in [-0.3, -0.25) is 0 Å². The Morgan fingerprint density at radius 1 is 0.900 bits per heavy atom. The Kier molecular flexibility index (Phi) is 3.34. The van der Waals surface area contributed by atoms with Crippen LogP contribution < -0.4 is 0 Å². The zero-order valence-electron chi connectivity index (χ0n) is 10.0. The van der Waals surface area contributed by atoms with Gasteiger partial charge in [0.1, 0.15) is 0 Å². The van der Waals surface area contributed by atoms with Gasteiger partial charge < -0.3 is 0 Å². The van der Waals surface area contributed by atoms with Gasteiger partial charge in [-0.1, -0.05) is 30.3 Å². The van der Waals surface area contributed by atoms with Gasteiger partial charge in [-0.2, -0.15) is 13.2 Å². The van der Waals surface area contributed by atoms with Crippen molar-refractivity contribution in [1.29, 1.82) is 0 Å². The third-order valence-corrected chi connectivity index (χ3v) is 5.32. The number of rotatable bonds is 1. The normalized spacial score (nSPS) is 12.0. The fraction of sp³-hybridized carbons (Fsp3) is 0.0667. The fourth-order valence-corrected chi connectivity index (χ4v) is 4.06. The van der Waals surface area contributed by atoms with Crippen LogP contribution in [0.3, 0.4) is 0 Å². The van der Waals surface area contributed by atoms with Crippen molar-refractivity contribution in [3.63, 3.8) is 0 Å². The van der Waals surface area contributed by atoms with E-state index in [4.69, 9.17) is 0 Å². The van der Waals surface area contributed by atoms with Crippen molar-refractivity contribution in [1.82, 2.24) is 0 Å². The van der Waals surface area contributed by atoms with E-state index in [9.17, 15) is 13.2 Å². The van der Waals surface area contributed by atoms with Gasteiger partial charge in [-0.05, 0) is 39.7 Å². The first-order chi connectivity index (χ1) is 9.47. The van der Waals surface area contributed by atoms with Crippen molar-refractivity contribution in [3.05, 3.63) is 58.6 Å². The molecule has 5 heteroatoms. The maximum absolute atomic E-state index is 12.6. The average Bonchev–Trinajstić information content (AvgIpc) is 2.76. The summed E-state index contributed by atoms with van der Waals surface area (Å²) in [5, 5.41) is 1.08. The van der Waals surface area contributed by atoms with Crippen LogP contribution in [0.25, 0.3) is 20.5 Å². The molecule has 3 rings (SSSR count). The molecule has 0 radical (unpaired) electrons. The average molecular weight is 357 g/mol. The van der Waals surface area contributed by atoms with E-state index in [1.54, 1.807) is 11.3 Å². The lowest BCUT2D eigenvalue weighted by Gasteiger charge is -2.07. The Balaban J connectivity index is 2.09. The van der Waals surface area contributed by atoms with Gasteiger partial charge in [0.15, 0.2) is 0 Å². The molecule has 0 aliphatic carbocycles. The van der Waals surface area contributed by atoms with E-state index in [1.807, 2.05) is 24.3 Å². The summed E-state index contributed by atoms with van der Waals surface area (Å²) in [5.74, 6) is 0. The molecule has 0 N–H and O–H groups in total. The molecule has 3 aromatic rings. The summed E-state index contributed by atoms with van der Waals surface area (Å²) in [7, 11) is 0. The van der Waals surface area contributed by atoms with E-state index in [0.717, 1.165) is 37.1 Å². The molecule has 0 saturated carbocycles. The third-order valence-electron chi connectivity index (χ3n) is 3.01. The summed E-state index contributed by atoms with van der Waals surface area (Å²) in [6.45, 7) is 0.